The predicted octanol–water partition coefficient (Wildman–Crippen LogP) is 3.71. The standard InChI is InChI=1S/C16H25NO/c1-5-16(2,3)15(17-4)13-10-6-8-12-9-7-11-18-14(12)13/h6,8,10,15,17H,5,7,9,11H2,1-4H3. The van der Waals surface area contributed by atoms with E-state index in [0.717, 1.165) is 31.6 Å². The zero-order chi connectivity index (χ0) is 13.2. The van der Waals surface area contributed by atoms with Gasteiger partial charge in [0.15, 0.2) is 0 Å². The molecule has 0 radical (unpaired) electrons. The van der Waals surface area contributed by atoms with Gasteiger partial charge in [-0.05, 0) is 37.3 Å². The molecule has 0 aliphatic carbocycles. The molecule has 0 amide bonds. The highest BCUT2D eigenvalue weighted by atomic mass is 16.5. The second kappa shape index (κ2) is 5.31. The van der Waals surface area contributed by atoms with E-state index in [1.54, 1.807) is 0 Å². The van der Waals surface area contributed by atoms with Crippen molar-refractivity contribution in [1.29, 1.82) is 0 Å². The van der Waals surface area contributed by atoms with Gasteiger partial charge in [-0.25, -0.2) is 0 Å². The monoisotopic (exact) mass is 247 g/mol. The van der Waals surface area contributed by atoms with Gasteiger partial charge in [-0.3, -0.25) is 0 Å². The number of nitrogens with one attached hydrogen (secondary N) is 1. The van der Waals surface area contributed by atoms with E-state index in [4.69, 9.17) is 4.74 Å². The summed E-state index contributed by atoms with van der Waals surface area (Å²) in [4.78, 5) is 0. The van der Waals surface area contributed by atoms with Crippen molar-refractivity contribution in [2.75, 3.05) is 13.7 Å². The van der Waals surface area contributed by atoms with Crippen molar-refractivity contribution < 1.29 is 4.74 Å². The molecule has 1 aliphatic heterocycles. The molecule has 1 aromatic carbocycles. The molecule has 1 N–H and O–H groups in total. The van der Waals surface area contributed by atoms with Crippen LogP contribution in [0.25, 0.3) is 0 Å². The Kier molecular flexibility index (Phi) is 3.96. The predicted molar refractivity (Wildman–Crippen MR) is 76.1 cm³/mol. The van der Waals surface area contributed by atoms with Crippen LogP contribution < -0.4 is 10.1 Å². The van der Waals surface area contributed by atoms with Crippen LogP contribution in [-0.2, 0) is 6.42 Å². The second-order valence-electron chi connectivity index (χ2n) is 5.85. The van der Waals surface area contributed by atoms with E-state index < -0.39 is 0 Å². The van der Waals surface area contributed by atoms with Gasteiger partial charge in [0.2, 0.25) is 0 Å². The average Bonchev–Trinajstić information content (AvgIpc) is 2.39. The largest absolute Gasteiger partial charge is 0.493 e. The summed E-state index contributed by atoms with van der Waals surface area (Å²) in [6.45, 7) is 7.74. The molecule has 100 valence electrons. The fraction of sp³-hybridized carbons (Fsp3) is 0.625. The SMILES string of the molecule is CCC(C)(C)C(NC)c1cccc2c1OCCC2. The lowest BCUT2D eigenvalue weighted by atomic mass is 9.77. The van der Waals surface area contributed by atoms with E-state index in [0.29, 0.717) is 6.04 Å². The number of para-hydroxylation sites is 1. The van der Waals surface area contributed by atoms with E-state index in [9.17, 15) is 0 Å². The second-order valence-corrected chi connectivity index (χ2v) is 5.85. The van der Waals surface area contributed by atoms with Crippen LogP contribution in [0.2, 0.25) is 0 Å². The third kappa shape index (κ3) is 2.39. The van der Waals surface area contributed by atoms with E-state index in [1.807, 2.05) is 7.05 Å². The third-order valence-corrected chi connectivity index (χ3v) is 4.26. The molecule has 2 nitrogen and oxygen atoms in total. The van der Waals surface area contributed by atoms with E-state index in [2.05, 4.69) is 44.3 Å². The third-order valence-electron chi connectivity index (χ3n) is 4.26. The molecule has 2 heteroatoms. The maximum atomic E-state index is 5.94. The van der Waals surface area contributed by atoms with E-state index >= 15 is 0 Å². The number of hydrogen-bond donors (Lipinski definition) is 1. The molecule has 1 atom stereocenters. The maximum absolute atomic E-state index is 5.94. The molecule has 1 heterocycles. The molecule has 2 rings (SSSR count). The first-order valence-electron chi connectivity index (χ1n) is 7.02. The van der Waals surface area contributed by atoms with Gasteiger partial charge in [0.05, 0.1) is 6.61 Å². The lowest BCUT2D eigenvalue weighted by molar-refractivity contribution is 0.228. The topological polar surface area (TPSA) is 21.3 Å². The Hall–Kier alpha value is -1.02. The molecule has 0 aromatic heterocycles. The van der Waals surface area contributed by atoms with Gasteiger partial charge in [0.25, 0.3) is 0 Å². The molecule has 0 saturated carbocycles. The minimum absolute atomic E-state index is 0.227. The van der Waals surface area contributed by atoms with Gasteiger partial charge >= 0.3 is 0 Å². The minimum atomic E-state index is 0.227. The number of hydrogen-bond acceptors (Lipinski definition) is 2. The Bertz CT molecular complexity index is 412. The van der Waals surface area contributed by atoms with Crippen molar-refractivity contribution >= 4 is 0 Å². The first kappa shape index (κ1) is 13.4. The molecule has 0 fully saturated rings. The van der Waals surface area contributed by atoms with E-state index in [1.165, 1.54) is 11.1 Å². The molecular weight excluding hydrogens is 222 g/mol. The zero-order valence-electron chi connectivity index (χ0n) is 12.0. The van der Waals surface area contributed by atoms with Crippen molar-refractivity contribution in [3.8, 4) is 5.75 Å². The number of benzene rings is 1. The zero-order valence-corrected chi connectivity index (χ0v) is 12.0. The number of rotatable bonds is 4. The van der Waals surface area contributed by atoms with Crippen LogP contribution in [0.3, 0.4) is 0 Å². The van der Waals surface area contributed by atoms with Crippen molar-refractivity contribution in [2.24, 2.45) is 5.41 Å². The van der Waals surface area contributed by atoms with Crippen molar-refractivity contribution in [2.45, 2.75) is 46.1 Å². The van der Waals surface area contributed by atoms with Crippen LogP contribution in [0.4, 0.5) is 0 Å². The molecule has 1 aliphatic rings. The van der Waals surface area contributed by atoms with Gasteiger partial charge in [-0.1, -0.05) is 39.0 Å². The Labute approximate surface area is 111 Å². The van der Waals surface area contributed by atoms with Gasteiger partial charge in [-0.15, -0.1) is 0 Å². The van der Waals surface area contributed by atoms with Gasteiger partial charge in [0, 0.05) is 11.6 Å². The summed E-state index contributed by atoms with van der Waals surface area (Å²) in [6.07, 6.45) is 3.42. The number of aryl methyl sites for hydroxylation is 1. The molecule has 1 unspecified atom stereocenters. The van der Waals surface area contributed by atoms with Crippen LogP contribution in [0.5, 0.6) is 5.75 Å². The highest BCUT2D eigenvalue weighted by Gasteiger charge is 2.31. The number of ether oxygens (including phenoxy) is 1. The van der Waals surface area contributed by atoms with Crippen LogP contribution in [-0.4, -0.2) is 13.7 Å². The van der Waals surface area contributed by atoms with Crippen LogP contribution >= 0.6 is 0 Å². The molecule has 1 aromatic rings. The quantitative estimate of drug-likeness (QED) is 0.875. The Morgan fingerprint density at radius 3 is 2.83 bits per heavy atom. The maximum Gasteiger partial charge on any atom is 0.127 e. The highest BCUT2D eigenvalue weighted by molar-refractivity contribution is 5.45. The van der Waals surface area contributed by atoms with Crippen molar-refractivity contribution in [3.63, 3.8) is 0 Å². The van der Waals surface area contributed by atoms with Crippen molar-refractivity contribution in [3.05, 3.63) is 29.3 Å². The van der Waals surface area contributed by atoms with Gasteiger partial charge in [-0.2, -0.15) is 0 Å². The Morgan fingerprint density at radius 2 is 2.17 bits per heavy atom. The summed E-state index contributed by atoms with van der Waals surface area (Å²) >= 11 is 0. The van der Waals surface area contributed by atoms with Crippen LogP contribution in [0, 0.1) is 5.41 Å². The molecule has 0 saturated heterocycles. The molecule has 0 bridgehead atoms. The summed E-state index contributed by atoms with van der Waals surface area (Å²) in [7, 11) is 2.05. The molecule has 18 heavy (non-hydrogen) atoms. The van der Waals surface area contributed by atoms with Crippen LogP contribution in [0.1, 0.15) is 50.8 Å². The van der Waals surface area contributed by atoms with E-state index in [-0.39, 0.29) is 5.41 Å². The first-order valence-corrected chi connectivity index (χ1v) is 7.02. The summed E-state index contributed by atoms with van der Waals surface area (Å²) in [6, 6.07) is 6.92. The summed E-state index contributed by atoms with van der Waals surface area (Å²) < 4.78 is 5.94. The summed E-state index contributed by atoms with van der Waals surface area (Å²) in [5.74, 6) is 1.13. The summed E-state index contributed by atoms with van der Waals surface area (Å²) in [5.41, 5.74) is 2.91. The lowest BCUT2D eigenvalue weighted by Gasteiger charge is -2.35. The van der Waals surface area contributed by atoms with Crippen molar-refractivity contribution in [1.82, 2.24) is 5.32 Å². The molecule has 0 spiro atoms. The lowest BCUT2D eigenvalue weighted by Crippen LogP contribution is -2.32. The number of fused-ring (bicyclic) bond motifs is 1. The minimum Gasteiger partial charge on any atom is -0.493 e. The smallest absolute Gasteiger partial charge is 0.127 e. The first-order chi connectivity index (χ1) is 8.60. The van der Waals surface area contributed by atoms with Crippen LogP contribution in [0.15, 0.2) is 18.2 Å². The highest BCUT2D eigenvalue weighted by Crippen LogP contribution is 2.42. The van der Waals surface area contributed by atoms with Gasteiger partial charge in [0.1, 0.15) is 5.75 Å². The normalized spacial score (nSPS) is 16.9. The Morgan fingerprint density at radius 1 is 1.39 bits per heavy atom. The fourth-order valence-corrected chi connectivity index (χ4v) is 2.81. The Balaban J connectivity index is 2.43. The molecular formula is C16H25NO. The van der Waals surface area contributed by atoms with Gasteiger partial charge < -0.3 is 10.1 Å². The fourth-order valence-electron chi connectivity index (χ4n) is 2.81. The average molecular weight is 247 g/mol. The summed E-state index contributed by atoms with van der Waals surface area (Å²) in [5, 5.41) is 3.48.